The number of carbonyl (C=O) groups is 5. The van der Waals surface area contributed by atoms with Gasteiger partial charge in [0.25, 0.3) is 0 Å². The second kappa shape index (κ2) is 27.0. The van der Waals surface area contributed by atoms with Crippen molar-refractivity contribution in [3.05, 3.63) is 70.5 Å². The van der Waals surface area contributed by atoms with Crippen molar-refractivity contribution in [2.45, 2.75) is 158 Å². The van der Waals surface area contributed by atoms with Crippen LogP contribution in [0.3, 0.4) is 0 Å². The number of benzene rings is 2. The van der Waals surface area contributed by atoms with Gasteiger partial charge in [-0.3, -0.25) is 28.9 Å². The minimum absolute atomic E-state index is 0.0182. The van der Waals surface area contributed by atoms with Gasteiger partial charge in [0.05, 0.1) is 45.1 Å². The predicted molar refractivity (Wildman–Crippen MR) is 306 cm³/mol. The standard InChI is InChI=1S/C56H79ClN12O6S2/c1-36(38-17-19-39(20-18-38)49-37(2)61-35-76-49)62-52(74)42-32-40(70)34-69(42)54(75)50(55(3,4)5)65-45(71)16-11-9-7-8-10-12-25-66-28-30-68(31-29-66)47(73)22-21-46(72)63-41-14-13-15-43(48(41)57)77-53-51(58)64-44(33-60-53)67-26-23-56(6,59)24-27-67/h13-15,17-20,33,35-36,40,42,50,70H,7-12,16,21-32,34,59H2,1-6H3,(H2,58,64)(H,62,74)(H,63,72)(H,65,71)/t36-,40+,42-,50+/m1/s1. The first-order valence-corrected chi connectivity index (χ1v) is 29.2. The fourth-order valence-electron chi connectivity index (χ4n) is 10.0. The van der Waals surface area contributed by atoms with Crippen LogP contribution in [-0.4, -0.2) is 140 Å². The SMILES string of the molecule is Cc1ncsc1-c1ccc([C@@H](C)NC(=O)[C@H]2C[C@H](O)CN2C(=O)[C@H](NC(=O)CCCCCCCCN2CCN(C(=O)CCC(=O)Nc3cccc(Sc4ncc(N5CCC(C)(N)CC5)nc4N)c3Cl)CC2)C(C)(C)C)cc1. The third-order valence-electron chi connectivity index (χ3n) is 14.9. The molecule has 8 N–H and O–H groups in total. The molecule has 18 nitrogen and oxygen atoms in total. The summed E-state index contributed by atoms with van der Waals surface area (Å²) in [7, 11) is 0. The maximum absolute atomic E-state index is 14.1. The van der Waals surface area contributed by atoms with E-state index in [4.69, 9.17) is 23.1 Å². The van der Waals surface area contributed by atoms with Crippen LogP contribution in [0.25, 0.3) is 10.4 Å². The summed E-state index contributed by atoms with van der Waals surface area (Å²) in [4.78, 5) is 90.3. The lowest BCUT2D eigenvalue weighted by Gasteiger charge is -2.37. The number of halogens is 1. The Morgan fingerprint density at radius 1 is 0.896 bits per heavy atom. The van der Waals surface area contributed by atoms with Gasteiger partial charge in [0.2, 0.25) is 29.5 Å². The molecular weight excluding hydrogens is 1040 g/mol. The molecule has 0 aliphatic carbocycles. The fraction of sp³-hybridized carbons (Fsp3) is 0.571. The highest BCUT2D eigenvalue weighted by molar-refractivity contribution is 7.99. The number of nitrogens with zero attached hydrogens (tertiary/aromatic N) is 7. The minimum Gasteiger partial charge on any atom is -0.391 e. The van der Waals surface area contributed by atoms with Crippen LogP contribution in [0.1, 0.15) is 129 Å². The number of nitrogen functional groups attached to an aromatic ring is 1. The number of aliphatic hydroxyl groups is 1. The molecule has 0 radical (unpaired) electrons. The monoisotopic (exact) mass is 1110 g/mol. The van der Waals surface area contributed by atoms with Gasteiger partial charge < -0.3 is 47.2 Å². The van der Waals surface area contributed by atoms with Gasteiger partial charge in [-0.1, -0.05) is 100 Å². The Bertz CT molecular complexity index is 2670. The van der Waals surface area contributed by atoms with E-state index in [1.807, 2.05) is 75.4 Å². The number of hydrogen-bond donors (Lipinski definition) is 6. The summed E-state index contributed by atoms with van der Waals surface area (Å²) in [6, 6.07) is 11.3. The van der Waals surface area contributed by atoms with Crippen molar-refractivity contribution < 1.29 is 29.1 Å². The van der Waals surface area contributed by atoms with Crippen molar-refractivity contribution in [3.8, 4) is 10.4 Å². The van der Waals surface area contributed by atoms with Gasteiger partial charge in [-0.05, 0) is 81.7 Å². The van der Waals surface area contributed by atoms with E-state index < -0.39 is 23.6 Å². The molecule has 0 saturated carbocycles. The van der Waals surface area contributed by atoms with Gasteiger partial charge in [0, 0.05) is 81.9 Å². The van der Waals surface area contributed by atoms with Crippen molar-refractivity contribution in [3.63, 3.8) is 0 Å². The number of likely N-dealkylation sites (tertiary alicyclic amines) is 1. The summed E-state index contributed by atoms with van der Waals surface area (Å²) < 4.78 is 0. The number of rotatable bonds is 22. The van der Waals surface area contributed by atoms with Gasteiger partial charge >= 0.3 is 0 Å². The number of amides is 5. The second-order valence-corrected chi connectivity index (χ2v) is 24.6. The van der Waals surface area contributed by atoms with Gasteiger partial charge in [0.15, 0.2) is 5.82 Å². The van der Waals surface area contributed by atoms with Crippen molar-refractivity contribution in [1.82, 2.24) is 40.3 Å². The zero-order valence-corrected chi connectivity index (χ0v) is 48.0. The number of β-amino-alcohol motifs (C(OH)–C–C–N with tert-alkyl or cyclic N) is 1. The Balaban J connectivity index is 0.746. The number of anilines is 3. The zero-order chi connectivity index (χ0) is 55.4. The van der Waals surface area contributed by atoms with E-state index in [-0.39, 0.29) is 66.9 Å². The molecule has 2 aromatic carbocycles. The number of thiazole rings is 1. The molecule has 4 atom stereocenters. The lowest BCUT2D eigenvalue weighted by atomic mass is 9.85. The molecule has 0 spiro atoms. The lowest BCUT2D eigenvalue weighted by molar-refractivity contribution is -0.144. The average molecular weight is 1120 g/mol. The molecule has 7 rings (SSSR count). The summed E-state index contributed by atoms with van der Waals surface area (Å²) >= 11 is 9.60. The largest absolute Gasteiger partial charge is 0.391 e. The van der Waals surface area contributed by atoms with E-state index >= 15 is 0 Å². The fourth-order valence-corrected chi connectivity index (χ4v) is 12.0. The minimum atomic E-state index is -0.870. The van der Waals surface area contributed by atoms with E-state index in [0.29, 0.717) is 58.2 Å². The Hall–Kier alpha value is -5.38. The molecule has 3 aliphatic heterocycles. The molecule has 418 valence electrons. The zero-order valence-electron chi connectivity index (χ0n) is 45.6. The lowest BCUT2D eigenvalue weighted by Crippen LogP contribution is -2.57. The summed E-state index contributed by atoms with van der Waals surface area (Å²) in [6.07, 6.45) is 8.84. The first-order chi connectivity index (χ1) is 36.6. The summed E-state index contributed by atoms with van der Waals surface area (Å²) in [5, 5.41) is 20.4. The Morgan fingerprint density at radius 3 is 2.25 bits per heavy atom. The molecule has 3 aliphatic rings. The number of aliphatic hydroxyl groups excluding tert-OH is 1. The highest BCUT2D eigenvalue weighted by atomic mass is 35.5. The third-order valence-corrected chi connectivity index (χ3v) is 17.5. The van der Waals surface area contributed by atoms with Gasteiger partial charge in [-0.25, -0.2) is 15.0 Å². The molecule has 0 bridgehead atoms. The van der Waals surface area contributed by atoms with E-state index in [1.54, 1.807) is 29.7 Å². The van der Waals surface area contributed by atoms with Crippen molar-refractivity contribution in [2.24, 2.45) is 11.1 Å². The van der Waals surface area contributed by atoms with Gasteiger partial charge in [-0.15, -0.1) is 11.3 Å². The van der Waals surface area contributed by atoms with Crippen LogP contribution in [0, 0.1) is 12.3 Å². The molecule has 2 aromatic heterocycles. The van der Waals surface area contributed by atoms with Gasteiger partial charge in [0.1, 0.15) is 22.9 Å². The molecule has 4 aromatic rings. The van der Waals surface area contributed by atoms with E-state index in [1.165, 1.54) is 16.7 Å². The van der Waals surface area contributed by atoms with Crippen LogP contribution in [0.5, 0.6) is 0 Å². The smallest absolute Gasteiger partial charge is 0.246 e. The number of aromatic nitrogens is 3. The second-order valence-electron chi connectivity index (χ2n) is 22.3. The van der Waals surface area contributed by atoms with Gasteiger partial charge in [-0.2, -0.15) is 0 Å². The molecule has 77 heavy (non-hydrogen) atoms. The third kappa shape index (κ3) is 16.6. The number of hydrogen-bond acceptors (Lipinski definition) is 15. The highest BCUT2D eigenvalue weighted by Crippen LogP contribution is 2.39. The van der Waals surface area contributed by atoms with Crippen molar-refractivity contribution in [2.75, 3.05) is 68.3 Å². The number of aryl methyl sites for hydroxylation is 1. The first-order valence-electron chi connectivity index (χ1n) is 27.2. The number of nitrogens with two attached hydrogens (primary N) is 2. The van der Waals surface area contributed by atoms with E-state index in [2.05, 4.69) is 47.6 Å². The number of piperidine rings is 1. The van der Waals surface area contributed by atoms with Crippen molar-refractivity contribution >= 4 is 81.6 Å². The van der Waals surface area contributed by atoms with Crippen LogP contribution < -0.4 is 32.3 Å². The molecule has 5 amide bonds. The number of unbranched alkanes of at least 4 members (excludes halogenated alkanes) is 5. The molecule has 0 unspecified atom stereocenters. The topological polar surface area (TPSA) is 245 Å². The molecular formula is C56H79ClN12O6S2. The summed E-state index contributed by atoms with van der Waals surface area (Å²) in [5.41, 5.74) is 17.0. The van der Waals surface area contributed by atoms with Crippen molar-refractivity contribution in [1.29, 1.82) is 0 Å². The maximum Gasteiger partial charge on any atom is 0.246 e. The summed E-state index contributed by atoms with van der Waals surface area (Å²) in [6.45, 7) is 16.9. The van der Waals surface area contributed by atoms with Crippen LogP contribution in [0.15, 0.2) is 64.1 Å². The average Bonchev–Trinajstić information content (AvgIpc) is 4.03. The highest BCUT2D eigenvalue weighted by Gasteiger charge is 2.45. The molecule has 5 heterocycles. The van der Waals surface area contributed by atoms with Crippen LogP contribution >= 0.6 is 34.7 Å². The van der Waals surface area contributed by atoms with Crippen LogP contribution in [0.4, 0.5) is 17.3 Å². The Kier molecular flexibility index (Phi) is 20.8. The number of carbonyl (C=O) groups excluding carboxylic acids is 5. The quantitative estimate of drug-likeness (QED) is 0.0416. The maximum atomic E-state index is 14.1. The number of nitrogens with one attached hydrogen (secondary N) is 3. The van der Waals surface area contributed by atoms with Crippen LogP contribution in [0.2, 0.25) is 5.02 Å². The molecule has 3 saturated heterocycles. The van der Waals surface area contributed by atoms with E-state index in [9.17, 15) is 29.1 Å². The Labute approximate surface area is 467 Å². The molecule has 3 fully saturated rings. The first kappa shape index (κ1) is 59.3. The van der Waals surface area contributed by atoms with Crippen LogP contribution in [-0.2, 0) is 24.0 Å². The predicted octanol–water partition coefficient (Wildman–Crippen LogP) is 7.58. The normalized spacial score (nSPS) is 18.7. The summed E-state index contributed by atoms with van der Waals surface area (Å²) in [5.74, 6) is -0.262. The molecule has 21 heteroatoms. The van der Waals surface area contributed by atoms with E-state index in [0.717, 1.165) is 99.4 Å². The number of piperazine rings is 1. The Morgan fingerprint density at radius 2 is 1.58 bits per heavy atom.